The zero-order chi connectivity index (χ0) is 19.1. The van der Waals surface area contributed by atoms with Crippen LogP contribution in [0.3, 0.4) is 0 Å². The van der Waals surface area contributed by atoms with E-state index < -0.39 is 10.0 Å². The molecule has 3 rings (SSSR count). The van der Waals surface area contributed by atoms with Crippen LogP contribution < -0.4 is 4.90 Å². The van der Waals surface area contributed by atoms with E-state index in [9.17, 15) is 13.5 Å². The lowest BCUT2D eigenvalue weighted by molar-refractivity contribution is -0.917. The molecule has 2 N–H and O–H groups in total. The van der Waals surface area contributed by atoms with Gasteiger partial charge in [0.2, 0.25) is 10.0 Å². The number of sulfonamides is 1. The number of benzene rings is 1. The third-order valence-electron chi connectivity index (χ3n) is 5.13. The van der Waals surface area contributed by atoms with Crippen molar-refractivity contribution in [1.29, 1.82) is 0 Å². The molecule has 0 unspecified atom stereocenters. The highest BCUT2D eigenvalue weighted by Gasteiger charge is 2.34. The summed E-state index contributed by atoms with van der Waals surface area (Å²) in [5.74, 6) is 0.642. The molecule has 1 aliphatic heterocycles. The van der Waals surface area contributed by atoms with Crippen molar-refractivity contribution in [1.82, 2.24) is 9.46 Å². The van der Waals surface area contributed by atoms with Crippen LogP contribution in [0, 0.1) is 27.7 Å². The lowest BCUT2D eigenvalue weighted by atomic mass is 10.0. The van der Waals surface area contributed by atoms with Crippen molar-refractivity contribution in [3.63, 3.8) is 0 Å². The number of piperazine rings is 1. The lowest BCUT2D eigenvalue weighted by Crippen LogP contribution is -3.13. The predicted octanol–water partition coefficient (Wildman–Crippen LogP) is 0.703. The molecule has 1 fully saturated rings. The summed E-state index contributed by atoms with van der Waals surface area (Å²) in [6.45, 7) is 10.2. The van der Waals surface area contributed by atoms with Gasteiger partial charge in [0, 0.05) is 5.56 Å². The van der Waals surface area contributed by atoms with E-state index in [1.165, 1.54) is 9.21 Å². The topological polar surface area (TPSA) is 88.1 Å². The van der Waals surface area contributed by atoms with Crippen LogP contribution in [0.15, 0.2) is 21.6 Å². The van der Waals surface area contributed by atoms with Crippen LogP contribution in [0.1, 0.15) is 28.1 Å². The predicted molar refractivity (Wildman–Crippen MR) is 96.7 cm³/mol. The number of hydrogen-bond acceptors (Lipinski definition) is 5. The maximum atomic E-state index is 12.9. The van der Waals surface area contributed by atoms with E-state index in [2.05, 4.69) is 5.16 Å². The van der Waals surface area contributed by atoms with Gasteiger partial charge in [-0.05, 0) is 51.0 Å². The van der Waals surface area contributed by atoms with Crippen LogP contribution in [-0.2, 0) is 16.6 Å². The van der Waals surface area contributed by atoms with Crippen LogP contribution in [0.2, 0.25) is 0 Å². The summed E-state index contributed by atoms with van der Waals surface area (Å²) < 4.78 is 32.3. The first kappa shape index (κ1) is 18.9. The zero-order valence-corrected chi connectivity index (χ0v) is 16.5. The Kier molecular flexibility index (Phi) is 5.09. The largest absolute Gasteiger partial charge is 0.507 e. The fourth-order valence-corrected chi connectivity index (χ4v) is 5.20. The van der Waals surface area contributed by atoms with Gasteiger partial charge in [0.1, 0.15) is 22.9 Å². The minimum atomic E-state index is -3.58. The van der Waals surface area contributed by atoms with E-state index >= 15 is 0 Å². The number of nitrogens with one attached hydrogen (secondary N) is 1. The number of rotatable bonds is 4. The van der Waals surface area contributed by atoms with Gasteiger partial charge in [-0.15, -0.1) is 0 Å². The molecule has 0 amide bonds. The Morgan fingerprint density at radius 1 is 1.15 bits per heavy atom. The smallest absolute Gasteiger partial charge is 0.248 e. The van der Waals surface area contributed by atoms with Crippen LogP contribution >= 0.6 is 0 Å². The summed E-state index contributed by atoms with van der Waals surface area (Å²) in [5.41, 5.74) is 3.52. The monoisotopic (exact) mass is 380 g/mol. The number of quaternary nitrogens is 1. The summed E-state index contributed by atoms with van der Waals surface area (Å²) in [7, 11) is -3.58. The molecular weight excluding hydrogens is 354 g/mol. The van der Waals surface area contributed by atoms with Crippen molar-refractivity contribution in [3.8, 4) is 5.75 Å². The van der Waals surface area contributed by atoms with Crippen molar-refractivity contribution >= 4 is 10.0 Å². The van der Waals surface area contributed by atoms with E-state index in [4.69, 9.17) is 4.52 Å². The SMILES string of the molecule is Cc1cc(O)c(C[NH+]2CCN(S(=O)(=O)c3c(C)noc3C)CC2)cc1C. The molecule has 1 aliphatic rings. The van der Waals surface area contributed by atoms with Gasteiger partial charge in [0.25, 0.3) is 0 Å². The van der Waals surface area contributed by atoms with Crippen molar-refractivity contribution in [2.75, 3.05) is 26.2 Å². The first-order valence-electron chi connectivity index (χ1n) is 8.76. The fraction of sp³-hybridized carbons (Fsp3) is 0.500. The van der Waals surface area contributed by atoms with Crippen LogP contribution in [0.4, 0.5) is 0 Å². The second-order valence-corrected chi connectivity index (χ2v) is 8.92. The van der Waals surface area contributed by atoms with Gasteiger partial charge in [-0.3, -0.25) is 0 Å². The molecule has 0 bridgehead atoms. The van der Waals surface area contributed by atoms with Gasteiger partial charge in [-0.25, -0.2) is 8.42 Å². The van der Waals surface area contributed by atoms with Crippen molar-refractivity contribution < 1.29 is 22.9 Å². The molecule has 0 aliphatic carbocycles. The summed E-state index contributed by atoms with van der Waals surface area (Å²) in [6.07, 6.45) is 0. The van der Waals surface area contributed by atoms with Gasteiger partial charge in [0.05, 0.1) is 26.2 Å². The third kappa shape index (κ3) is 3.49. The zero-order valence-electron chi connectivity index (χ0n) is 15.7. The van der Waals surface area contributed by atoms with Crippen LogP contribution in [-0.4, -0.2) is 49.2 Å². The number of aromatic nitrogens is 1. The minimum Gasteiger partial charge on any atom is -0.507 e. The molecule has 1 aromatic heterocycles. The molecule has 1 aromatic carbocycles. The van der Waals surface area contributed by atoms with Gasteiger partial charge >= 0.3 is 0 Å². The standard InChI is InChI=1S/C18H25N3O4S/c1-12-9-16(17(22)10-13(12)2)11-20-5-7-21(8-6-20)26(23,24)18-14(3)19-25-15(18)4/h9-10,22H,5-8,11H2,1-4H3/p+1. The van der Waals surface area contributed by atoms with E-state index in [0.717, 1.165) is 16.7 Å². The van der Waals surface area contributed by atoms with Gasteiger partial charge < -0.3 is 14.5 Å². The molecule has 0 radical (unpaired) electrons. The van der Waals surface area contributed by atoms with Gasteiger partial charge in [0.15, 0.2) is 5.76 Å². The number of aromatic hydroxyl groups is 1. The van der Waals surface area contributed by atoms with Crippen molar-refractivity contribution in [2.45, 2.75) is 39.1 Å². The molecule has 0 atom stereocenters. The molecule has 142 valence electrons. The molecule has 2 aromatic rings. The normalized spacial score (nSPS) is 16.9. The second kappa shape index (κ2) is 7.02. The summed E-state index contributed by atoms with van der Waals surface area (Å²) in [4.78, 5) is 1.45. The lowest BCUT2D eigenvalue weighted by Gasteiger charge is -2.31. The van der Waals surface area contributed by atoms with E-state index in [1.54, 1.807) is 19.9 Å². The molecule has 0 saturated carbocycles. The fourth-order valence-electron chi connectivity index (χ4n) is 3.46. The maximum Gasteiger partial charge on any atom is 0.248 e. The first-order valence-corrected chi connectivity index (χ1v) is 10.2. The molecule has 0 spiro atoms. The van der Waals surface area contributed by atoms with Gasteiger partial charge in [-0.1, -0.05) is 5.16 Å². The van der Waals surface area contributed by atoms with E-state index in [-0.39, 0.29) is 4.90 Å². The summed E-state index contributed by atoms with van der Waals surface area (Å²) >= 11 is 0. The maximum absolute atomic E-state index is 12.9. The molecule has 2 heterocycles. The Labute approximate surface area is 154 Å². The Morgan fingerprint density at radius 2 is 1.77 bits per heavy atom. The van der Waals surface area contributed by atoms with E-state index in [1.807, 2.05) is 19.9 Å². The Morgan fingerprint density at radius 3 is 2.35 bits per heavy atom. The number of phenolic OH excluding ortho intramolecular Hbond substituents is 1. The average molecular weight is 380 g/mol. The molecule has 7 nitrogen and oxygen atoms in total. The summed E-state index contributed by atoms with van der Waals surface area (Å²) in [6, 6.07) is 3.81. The molecular formula is C18H26N3O4S+. The van der Waals surface area contributed by atoms with Crippen LogP contribution in [0.25, 0.3) is 0 Å². The van der Waals surface area contributed by atoms with Crippen molar-refractivity contribution in [3.05, 3.63) is 40.3 Å². The number of hydrogen-bond donors (Lipinski definition) is 2. The minimum absolute atomic E-state index is 0.188. The van der Waals surface area contributed by atoms with Crippen molar-refractivity contribution in [2.24, 2.45) is 0 Å². The van der Waals surface area contributed by atoms with Crippen LogP contribution in [0.5, 0.6) is 5.75 Å². The molecule has 1 saturated heterocycles. The second-order valence-electron chi connectivity index (χ2n) is 7.05. The number of aryl methyl sites for hydroxylation is 4. The summed E-state index contributed by atoms with van der Waals surface area (Å²) in [5, 5.41) is 13.9. The first-order chi connectivity index (χ1) is 12.2. The average Bonchev–Trinajstić information content (AvgIpc) is 2.92. The quantitative estimate of drug-likeness (QED) is 0.815. The highest BCUT2D eigenvalue weighted by atomic mass is 32.2. The Bertz CT molecular complexity index is 893. The number of nitrogens with zero attached hydrogens (tertiary/aromatic N) is 2. The highest BCUT2D eigenvalue weighted by Crippen LogP contribution is 2.24. The molecule has 8 heteroatoms. The van der Waals surface area contributed by atoms with Gasteiger partial charge in [-0.2, -0.15) is 4.31 Å². The Hall–Kier alpha value is -1.90. The number of phenols is 1. The third-order valence-corrected chi connectivity index (χ3v) is 7.27. The highest BCUT2D eigenvalue weighted by molar-refractivity contribution is 7.89. The van der Waals surface area contributed by atoms with E-state index in [0.29, 0.717) is 49.9 Å². The molecule has 26 heavy (non-hydrogen) atoms. The Balaban J connectivity index is 1.69.